The minimum Gasteiger partial charge on any atom is -0.493 e. The van der Waals surface area contributed by atoms with Crippen molar-refractivity contribution in [3.8, 4) is 11.5 Å². The Bertz CT molecular complexity index is 752. The van der Waals surface area contributed by atoms with Crippen molar-refractivity contribution in [2.45, 2.75) is 13.3 Å². The maximum absolute atomic E-state index is 12.1. The van der Waals surface area contributed by atoms with E-state index in [9.17, 15) is 9.59 Å². The zero-order chi connectivity index (χ0) is 16.8. The topological polar surface area (TPSA) is 80.4 Å². The number of carbonyl (C=O) groups is 1. The van der Waals surface area contributed by atoms with Crippen LogP contribution in [0.4, 0.5) is 0 Å². The number of aromatic amines is 1. The number of nitrogens with one attached hydrogen (secondary N) is 2. The van der Waals surface area contributed by atoms with E-state index >= 15 is 0 Å². The molecule has 0 atom stereocenters. The Balaban J connectivity index is 1.96. The summed E-state index contributed by atoms with van der Waals surface area (Å²) < 4.78 is 10.4. The molecule has 0 radical (unpaired) electrons. The van der Waals surface area contributed by atoms with Crippen molar-refractivity contribution in [1.82, 2.24) is 10.3 Å². The average Bonchev–Trinajstić information content (AvgIpc) is 2.53. The molecule has 1 aromatic carbocycles. The van der Waals surface area contributed by atoms with Crippen LogP contribution in [-0.4, -0.2) is 31.7 Å². The van der Waals surface area contributed by atoms with Crippen LogP contribution in [-0.2, 0) is 6.42 Å². The Labute approximate surface area is 134 Å². The molecule has 0 saturated heterocycles. The molecule has 1 aromatic heterocycles. The van der Waals surface area contributed by atoms with Crippen molar-refractivity contribution in [2.75, 3.05) is 20.8 Å². The number of aryl methyl sites for hydroxylation is 1. The largest absolute Gasteiger partial charge is 0.493 e. The number of carbonyl (C=O) groups excluding carboxylic acids is 1. The minimum absolute atomic E-state index is 0.264. The third-order valence-electron chi connectivity index (χ3n) is 3.39. The highest BCUT2D eigenvalue weighted by molar-refractivity contribution is 5.94. The fourth-order valence-electron chi connectivity index (χ4n) is 2.27. The second-order valence-corrected chi connectivity index (χ2v) is 5.11. The zero-order valence-electron chi connectivity index (χ0n) is 13.4. The number of ether oxygens (including phenoxy) is 2. The molecule has 6 nitrogen and oxygen atoms in total. The monoisotopic (exact) mass is 316 g/mol. The van der Waals surface area contributed by atoms with E-state index in [1.807, 2.05) is 18.2 Å². The number of pyridine rings is 1. The van der Waals surface area contributed by atoms with E-state index in [0.29, 0.717) is 35.7 Å². The van der Waals surface area contributed by atoms with Gasteiger partial charge < -0.3 is 19.8 Å². The summed E-state index contributed by atoms with van der Waals surface area (Å²) in [5.74, 6) is 1.06. The van der Waals surface area contributed by atoms with Crippen molar-refractivity contribution < 1.29 is 14.3 Å². The molecule has 122 valence electrons. The molecule has 1 amide bonds. The van der Waals surface area contributed by atoms with Gasteiger partial charge in [0.05, 0.1) is 14.2 Å². The van der Waals surface area contributed by atoms with Gasteiger partial charge in [-0.2, -0.15) is 0 Å². The Morgan fingerprint density at radius 1 is 1.13 bits per heavy atom. The highest BCUT2D eigenvalue weighted by atomic mass is 16.5. The summed E-state index contributed by atoms with van der Waals surface area (Å²) in [6.45, 7) is 2.20. The van der Waals surface area contributed by atoms with E-state index in [4.69, 9.17) is 9.47 Å². The molecular weight excluding hydrogens is 296 g/mol. The van der Waals surface area contributed by atoms with Crippen molar-refractivity contribution in [2.24, 2.45) is 0 Å². The standard InChI is InChI=1S/C17H20N2O4/c1-11-8-13(10-16(20)19-11)17(21)18-7-6-12-4-5-14(22-2)15(9-12)23-3/h4-5,8-10H,6-7H2,1-3H3,(H,18,21)(H,19,20). The number of rotatable bonds is 6. The smallest absolute Gasteiger partial charge is 0.251 e. The second kappa shape index (κ2) is 7.49. The first-order chi connectivity index (χ1) is 11.0. The van der Waals surface area contributed by atoms with Crippen LogP contribution in [0.2, 0.25) is 0 Å². The Kier molecular flexibility index (Phi) is 5.41. The molecule has 0 fully saturated rings. The molecule has 0 aliphatic heterocycles. The van der Waals surface area contributed by atoms with E-state index in [1.54, 1.807) is 27.2 Å². The predicted molar refractivity (Wildman–Crippen MR) is 87.4 cm³/mol. The number of aromatic nitrogens is 1. The van der Waals surface area contributed by atoms with Crippen LogP contribution in [0, 0.1) is 6.92 Å². The summed E-state index contributed by atoms with van der Waals surface area (Å²) in [5.41, 5.74) is 1.75. The van der Waals surface area contributed by atoms with Crippen molar-refractivity contribution in [1.29, 1.82) is 0 Å². The molecule has 0 aliphatic rings. The summed E-state index contributed by atoms with van der Waals surface area (Å²) in [4.78, 5) is 26.0. The molecule has 0 bridgehead atoms. The summed E-state index contributed by atoms with van der Waals surface area (Å²) in [5, 5.41) is 2.80. The van der Waals surface area contributed by atoms with Gasteiger partial charge in [0.25, 0.3) is 5.91 Å². The molecule has 0 saturated carbocycles. The fourth-order valence-corrected chi connectivity index (χ4v) is 2.27. The van der Waals surface area contributed by atoms with E-state index in [0.717, 1.165) is 5.56 Å². The predicted octanol–water partition coefficient (Wildman–Crippen LogP) is 1.67. The van der Waals surface area contributed by atoms with Gasteiger partial charge in [0.15, 0.2) is 11.5 Å². The Morgan fingerprint density at radius 3 is 2.52 bits per heavy atom. The number of benzene rings is 1. The van der Waals surface area contributed by atoms with Gasteiger partial charge in [-0.15, -0.1) is 0 Å². The maximum atomic E-state index is 12.1. The van der Waals surface area contributed by atoms with Crippen LogP contribution in [0.25, 0.3) is 0 Å². The minimum atomic E-state index is -0.282. The highest BCUT2D eigenvalue weighted by Crippen LogP contribution is 2.27. The average molecular weight is 316 g/mol. The number of methoxy groups -OCH3 is 2. The summed E-state index contributed by atoms with van der Waals surface area (Å²) in [6, 6.07) is 8.56. The van der Waals surface area contributed by atoms with Gasteiger partial charge in [0, 0.05) is 23.9 Å². The lowest BCUT2D eigenvalue weighted by atomic mass is 10.1. The molecular formula is C17H20N2O4. The molecule has 0 spiro atoms. The van der Waals surface area contributed by atoms with E-state index in [2.05, 4.69) is 10.3 Å². The lowest BCUT2D eigenvalue weighted by Crippen LogP contribution is -2.27. The van der Waals surface area contributed by atoms with Gasteiger partial charge in [-0.3, -0.25) is 9.59 Å². The molecule has 2 aromatic rings. The third kappa shape index (κ3) is 4.35. The highest BCUT2D eigenvalue weighted by Gasteiger charge is 2.08. The van der Waals surface area contributed by atoms with Gasteiger partial charge in [-0.05, 0) is 37.1 Å². The Hall–Kier alpha value is -2.76. The van der Waals surface area contributed by atoms with Crippen LogP contribution in [0.5, 0.6) is 11.5 Å². The van der Waals surface area contributed by atoms with Gasteiger partial charge >= 0.3 is 0 Å². The van der Waals surface area contributed by atoms with Crippen LogP contribution >= 0.6 is 0 Å². The first-order valence-corrected chi connectivity index (χ1v) is 7.23. The molecule has 1 heterocycles. The SMILES string of the molecule is COc1ccc(CCNC(=O)c2cc(C)[nH]c(=O)c2)cc1OC. The van der Waals surface area contributed by atoms with E-state index in [1.165, 1.54) is 6.07 Å². The van der Waals surface area contributed by atoms with Crippen LogP contribution in [0.3, 0.4) is 0 Å². The molecule has 23 heavy (non-hydrogen) atoms. The van der Waals surface area contributed by atoms with Crippen LogP contribution < -0.4 is 20.3 Å². The van der Waals surface area contributed by atoms with Crippen LogP contribution in [0.15, 0.2) is 35.1 Å². The normalized spacial score (nSPS) is 10.2. The second-order valence-electron chi connectivity index (χ2n) is 5.11. The molecule has 2 N–H and O–H groups in total. The molecule has 0 aliphatic carbocycles. The van der Waals surface area contributed by atoms with Gasteiger partial charge in [0.1, 0.15) is 0 Å². The first kappa shape index (κ1) is 16.6. The van der Waals surface area contributed by atoms with Crippen molar-refractivity contribution >= 4 is 5.91 Å². The summed E-state index contributed by atoms with van der Waals surface area (Å²) in [6.07, 6.45) is 0.647. The van der Waals surface area contributed by atoms with Crippen molar-refractivity contribution in [3.63, 3.8) is 0 Å². The molecule has 2 rings (SSSR count). The van der Waals surface area contributed by atoms with Crippen molar-refractivity contribution in [3.05, 3.63) is 57.5 Å². The number of H-pyrrole nitrogens is 1. The number of amides is 1. The maximum Gasteiger partial charge on any atom is 0.251 e. The van der Waals surface area contributed by atoms with Gasteiger partial charge in [-0.25, -0.2) is 0 Å². The van der Waals surface area contributed by atoms with E-state index in [-0.39, 0.29) is 11.5 Å². The molecule has 6 heteroatoms. The summed E-state index contributed by atoms with van der Waals surface area (Å²) >= 11 is 0. The quantitative estimate of drug-likeness (QED) is 0.849. The fraction of sp³-hybridized carbons (Fsp3) is 0.294. The third-order valence-corrected chi connectivity index (χ3v) is 3.39. The summed E-state index contributed by atoms with van der Waals surface area (Å²) in [7, 11) is 3.17. The molecule has 0 unspecified atom stereocenters. The van der Waals surface area contributed by atoms with Crippen LogP contribution in [0.1, 0.15) is 21.6 Å². The Morgan fingerprint density at radius 2 is 1.87 bits per heavy atom. The van der Waals surface area contributed by atoms with E-state index < -0.39 is 0 Å². The number of hydrogen-bond donors (Lipinski definition) is 2. The van der Waals surface area contributed by atoms with Gasteiger partial charge in [0.2, 0.25) is 5.56 Å². The lowest BCUT2D eigenvalue weighted by molar-refractivity contribution is 0.0954. The zero-order valence-corrected chi connectivity index (χ0v) is 13.4. The lowest BCUT2D eigenvalue weighted by Gasteiger charge is -2.10. The van der Waals surface area contributed by atoms with Gasteiger partial charge in [-0.1, -0.05) is 6.07 Å². The number of hydrogen-bond acceptors (Lipinski definition) is 4. The first-order valence-electron chi connectivity index (χ1n) is 7.23.